The van der Waals surface area contributed by atoms with Crippen molar-refractivity contribution in [2.75, 3.05) is 5.32 Å². The van der Waals surface area contributed by atoms with Gasteiger partial charge in [0.1, 0.15) is 23.5 Å². The fraction of sp³-hybridized carbons (Fsp3) is 0.345. The molecule has 0 amide bonds. The summed E-state index contributed by atoms with van der Waals surface area (Å²) in [6.07, 6.45) is 7.89. The number of pyridine rings is 1. The Morgan fingerprint density at radius 3 is 2.41 bits per heavy atom. The number of anilines is 1. The fourth-order valence-electron chi connectivity index (χ4n) is 4.65. The summed E-state index contributed by atoms with van der Waals surface area (Å²) >= 11 is 0. The predicted molar refractivity (Wildman–Crippen MR) is 140 cm³/mol. The van der Waals surface area contributed by atoms with E-state index >= 15 is 0 Å². The molecule has 1 spiro atoms. The summed E-state index contributed by atoms with van der Waals surface area (Å²) in [5.74, 6) is 1.86. The van der Waals surface area contributed by atoms with Gasteiger partial charge >= 0.3 is 0 Å². The third-order valence-electron chi connectivity index (χ3n) is 6.37. The van der Waals surface area contributed by atoms with Crippen molar-refractivity contribution < 1.29 is 4.74 Å². The SMILES string of the molecule is CC.CC.c1ccc(-c2ccc3c(NC4CC5(CCC5)Oc5ccccc54)ncnc3c2)nc1. The molecule has 2 aromatic carbocycles. The molecule has 1 aliphatic carbocycles. The second kappa shape index (κ2) is 10.6. The Balaban J connectivity index is 0.000000652. The Morgan fingerprint density at radius 2 is 1.68 bits per heavy atom. The lowest BCUT2D eigenvalue weighted by atomic mass is 9.73. The van der Waals surface area contributed by atoms with Gasteiger partial charge in [-0.1, -0.05) is 58.0 Å². The van der Waals surface area contributed by atoms with Gasteiger partial charge in [0.15, 0.2) is 0 Å². The van der Waals surface area contributed by atoms with E-state index in [2.05, 4.69) is 56.7 Å². The van der Waals surface area contributed by atoms with Crippen LogP contribution in [0.2, 0.25) is 0 Å². The minimum absolute atomic E-state index is 0.0268. The van der Waals surface area contributed by atoms with Crippen molar-refractivity contribution in [3.63, 3.8) is 0 Å². The van der Waals surface area contributed by atoms with E-state index in [1.165, 1.54) is 12.0 Å². The van der Waals surface area contributed by atoms with Crippen molar-refractivity contribution in [3.8, 4) is 17.0 Å². The van der Waals surface area contributed by atoms with Crippen LogP contribution in [0.15, 0.2) is 73.2 Å². The number of rotatable bonds is 3. The topological polar surface area (TPSA) is 59.9 Å². The zero-order valence-corrected chi connectivity index (χ0v) is 20.6. The van der Waals surface area contributed by atoms with Gasteiger partial charge in [0.2, 0.25) is 0 Å². The van der Waals surface area contributed by atoms with Crippen molar-refractivity contribution in [2.24, 2.45) is 0 Å². The summed E-state index contributed by atoms with van der Waals surface area (Å²) in [6.45, 7) is 8.00. The maximum absolute atomic E-state index is 6.40. The second-order valence-corrected chi connectivity index (χ2v) is 8.25. The van der Waals surface area contributed by atoms with E-state index in [0.717, 1.165) is 53.0 Å². The third-order valence-corrected chi connectivity index (χ3v) is 6.37. The van der Waals surface area contributed by atoms with Crippen LogP contribution in [0.5, 0.6) is 5.75 Å². The Hall–Kier alpha value is -3.47. The van der Waals surface area contributed by atoms with Crippen LogP contribution in [0.4, 0.5) is 5.82 Å². The Labute approximate surface area is 202 Å². The molecule has 1 atom stereocenters. The van der Waals surface area contributed by atoms with Gasteiger partial charge in [-0.3, -0.25) is 4.98 Å². The van der Waals surface area contributed by atoms with Crippen LogP contribution in [0.1, 0.15) is 65.0 Å². The molecule has 0 saturated heterocycles. The van der Waals surface area contributed by atoms with Crippen molar-refractivity contribution in [1.29, 1.82) is 0 Å². The Bertz CT molecular complexity index is 1220. The van der Waals surface area contributed by atoms with E-state index in [1.807, 2.05) is 58.2 Å². The largest absolute Gasteiger partial charge is 0.487 e. The maximum atomic E-state index is 6.40. The molecule has 2 aromatic heterocycles. The minimum Gasteiger partial charge on any atom is -0.487 e. The van der Waals surface area contributed by atoms with Gasteiger partial charge in [-0.2, -0.15) is 0 Å². The average molecular weight is 455 g/mol. The van der Waals surface area contributed by atoms with Crippen LogP contribution in [0, 0.1) is 0 Å². The zero-order chi connectivity index (χ0) is 24.0. The highest BCUT2D eigenvalue weighted by Crippen LogP contribution is 2.49. The summed E-state index contributed by atoms with van der Waals surface area (Å²) in [7, 11) is 0. The molecule has 5 heteroatoms. The molecule has 1 fully saturated rings. The molecular formula is C29H34N4O. The van der Waals surface area contributed by atoms with Gasteiger partial charge in [0.25, 0.3) is 0 Å². The van der Waals surface area contributed by atoms with Gasteiger partial charge < -0.3 is 10.1 Å². The molecular weight excluding hydrogens is 420 g/mol. The van der Waals surface area contributed by atoms with E-state index in [-0.39, 0.29) is 11.6 Å². The van der Waals surface area contributed by atoms with Crippen molar-refractivity contribution >= 4 is 16.7 Å². The van der Waals surface area contributed by atoms with E-state index in [9.17, 15) is 0 Å². The first kappa shape index (κ1) is 23.7. The molecule has 0 radical (unpaired) electrons. The lowest BCUT2D eigenvalue weighted by Crippen LogP contribution is -2.48. The van der Waals surface area contributed by atoms with E-state index in [0.29, 0.717) is 0 Å². The van der Waals surface area contributed by atoms with Gasteiger partial charge in [0.05, 0.1) is 17.3 Å². The highest BCUT2D eigenvalue weighted by atomic mass is 16.5. The second-order valence-electron chi connectivity index (χ2n) is 8.25. The van der Waals surface area contributed by atoms with Gasteiger partial charge in [-0.25, -0.2) is 9.97 Å². The molecule has 1 saturated carbocycles. The van der Waals surface area contributed by atoms with Crippen LogP contribution in [0.3, 0.4) is 0 Å². The molecule has 1 unspecified atom stereocenters. The summed E-state index contributed by atoms with van der Waals surface area (Å²) in [6, 6.07) is 20.7. The molecule has 0 bridgehead atoms. The number of hydrogen-bond acceptors (Lipinski definition) is 5. The molecule has 6 rings (SSSR count). The number of nitrogens with one attached hydrogen (secondary N) is 1. The first-order chi connectivity index (χ1) is 16.8. The standard InChI is InChI=1S/C25H22N4O.2C2H6/c1-2-8-23-18(6-1)22(15-25(30-23)11-5-12-25)29-24-19-10-9-17(14-21(19)27-16-28-24)20-7-3-4-13-26-20;2*1-2/h1-4,6-10,13-14,16,22H,5,11-12,15H2,(H,27,28,29);2*1-2H3. The average Bonchev–Trinajstić information content (AvgIpc) is 2.90. The highest BCUT2D eigenvalue weighted by Gasteiger charge is 2.45. The molecule has 1 aliphatic heterocycles. The van der Waals surface area contributed by atoms with E-state index in [1.54, 1.807) is 6.33 Å². The normalized spacial score (nSPS) is 17.1. The lowest BCUT2D eigenvalue weighted by Gasteiger charge is -2.48. The minimum atomic E-state index is -0.0268. The quantitative estimate of drug-likeness (QED) is 0.345. The Morgan fingerprint density at radius 1 is 0.882 bits per heavy atom. The smallest absolute Gasteiger partial charge is 0.137 e. The highest BCUT2D eigenvalue weighted by molar-refractivity contribution is 5.91. The monoisotopic (exact) mass is 454 g/mol. The summed E-state index contributed by atoms with van der Waals surface area (Å²) < 4.78 is 6.40. The molecule has 5 nitrogen and oxygen atoms in total. The van der Waals surface area contributed by atoms with Gasteiger partial charge in [0, 0.05) is 29.1 Å². The zero-order valence-electron chi connectivity index (χ0n) is 20.6. The molecule has 4 aromatic rings. The molecule has 2 aliphatic rings. The number of ether oxygens (including phenoxy) is 1. The van der Waals surface area contributed by atoms with Crippen LogP contribution in [-0.2, 0) is 0 Å². The predicted octanol–water partition coefficient (Wildman–Crippen LogP) is 7.60. The molecule has 1 N–H and O–H groups in total. The number of benzene rings is 2. The summed E-state index contributed by atoms with van der Waals surface area (Å²) in [5.41, 5.74) is 4.08. The first-order valence-electron chi connectivity index (χ1n) is 12.5. The maximum Gasteiger partial charge on any atom is 0.137 e. The molecule has 3 heterocycles. The number of fused-ring (bicyclic) bond motifs is 2. The lowest BCUT2D eigenvalue weighted by molar-refractivity contribution is -0.0309. The summed E-state index contributed by atoms with van der Waals surface area (Å²) in [5, 5.41) is 4.73. The van der Waals surface area contributed by atoms with Gasteiger partial charge in [-0.15, -0.1) is 0 Å². The number of aromatic nitrogens is 3. The number of hydrogen-bond donors (Lipinski definition) is 1. The van der Waals surface area contributed by atoms with Crippen LogP contribution in [-0.4, -0.2) is 20.6 Å². The molecule has 34 heavy (non-hydrogen) atoms. The van der Waals surface area contributed by atoms with Crippen molar-refractivity contribution in [3.05, 3.63) is 78.8 Å². The molecule has 176 valence electrons. The van der Waals surface area contributed by atoms with Crippen molar-refractivity contribution in [2.45, 2.75) is 65.0 Å². The first-order valence-corrected chi connectivity index (χ1v) is 12.5. The summed E-state index contributed by atoms with van der Waals surface area (Å²) in [4.78, 5) is 13.6. The number of para-hydroxylation sites is 1. The van der Waals surface area contributed by atoms with Crippen LogP contribution >= 0.6 is 0 Å². The fourth-order valence-corrected chi connectivity index (χ4v) is 4.65. The van der Waals surface area contributed by atoms with Gasteiger partial charge in [-0.05, 0) is 49.6 Å². The third kappa shape index (κ3) is 4.60. The van der Waals surface area contributed by atoms with Crippen molar-refractivity contribution in [1.82, 2.24) is 15.0 Å². The Kier molecular flexibility index (Phi) is 7.41. The van der Waals surface area contributed by atoms with Crippen LogP contribution in [0.25, 0.3) is 22.2 Å². The number of nitrogens with zero attached hydrogens (tertiary/aromatic N) is 3. The van der Waals surface area contributed by atoms with Crippen LogP contribution < -0.4 is 10.1 Å². The van der Waals surface area contributed by atoms with E-state index in [4.69, 9.17) is 4.74 Å². The van der Waals surface area contributed by atoms with E-state index < -0.39 is 0 Å².